The maximum Gasteiger partial charge on any atom is 0.226 e. The van der Waals surface area contributed by atoms with Crippen molar-refractivity contribution in [3.63, 3.8) is 0 Å². The standard InChI is InChI=1S/C15H18FN3O2.2ClH/c1-15(2,17)9-18-13(20)7-12-8-21-14(19-12)10-3-5-11(16)6-4-10;;/h3-6,8H,7,9,17H2,1-2H3,(H,18,20);2*1H. The number of carbonyl (C=O) groups is 1. The third-order valence-corrected chi connectivity index (χ3v) is 2.73. The lowest BCUT2D eigenvalue weighted by Gasteiger charge is -2.18. The highest BCUT2D eigenvalue weighted by atomic mass is 35.5. The summed E-state index contributed by atoms with van der Waals surface area (Å²) in [5, 5.41) is 2.73. The van der Waals surface area contributed by atoms with Crippen LogP contribution in [0, 0.1) is 5.82 Å². The highest BCUT2D eigenvalue weighted by Gasteiger charge is 2.14. The molecule has 0 atom stereocenters. The van der Waals surface area contributed by atoms with Crippen molar-refractivity contribution < 1.29 is 13.6 Å². The Hall–Kier alpha value is -1.63. The van der Waals surface area contributed by atoms with Gasteiger partial charge in [0.1, 0.15) is 12.1 Å². The molecule has 0 saturated heterocycles. The summed E-state index contributed by atoms with van der Waals surface area (Å²) in [6.45, 7) is 4.04. The molecule has 0 aliphatic rings. The van der Waals surface area contributed by atoms with E-state index in [9.17, 15) is 9.18 Å². The van der Waals surface area contributed by atoms with Crippen LogP contribution in [0.15, 0.2) is 34.9 Å². The van der Waals surface area contributed by atoms with E-state index < -0.39 is 5.54 Å². The summed E-state index contributed by atoms with van der Waals surface area (Å²) < 4.78 is 18.1. The molecule has 23 heavy (non-hydrogen) atoms. The number of benzene rings is 1. The molecule has 2 rings (SSSR count). The van der Waals surface area contributed by atoms with Gasteiger partial charge in [0.05, 0.1) is 12.1 Å². The number of nitrogens with zero attached hydrogens (tertiary/aromatic N) is 1. The largest absolute Gasteiger partial charge is 0.444 e. The summed E-state index contributed by atoms with van der Waals surface area (Å²) in [5.41, 5.74) is 6.50. The summed E-state index contributed by atoms with van der Waals surface area (Å²) in [6.07, 6.45) is 1.53. The van der Waals surface area contributed by atoms with Gasteiger partial charge in [0.2, 0.25) is 11.8 Å². The molecule has 0 saturated carbocycles. The second kappa shape index (κ2) is 8.86. The van der Waals surface area contributed by atoms with Crippen molar-refractivity contribution in [2.75, 3.05) is 6.54 Å². The topological polar surface area (TPSA) is 81.1 Å². The van der Waals surface area contributed by atoms with E-state index in [2.05, 4.69) is 10.3 Å². The first-order valence-corrected chi connectivity index (χ1v) is 6.59. The average molecular weight is 364 g/mol. The Morgan fingerprint density at radius 1 is 1.30 bits per heavy atom. The van der Waals surface area contributed by atoms with Gasteiger partial charge in [-0.05, 0) is 38.1 Å². The number of carbonyl (C=O) groups excluding carboxylic acids is 1. The lowest BCUT2D eigenvalue weighted by atomic mass is 10.1. The minimum absolute atomic E-state index is 0. The van der Waals surface area contributed by atoms with Gasteiger partial charge in [-0.3, -0.25) is 4.79 Å². The molecule has 1 aromatic heterocycles. The molecule has 128 valence electrons. The Morgan fingerprint density at radius 2 is 1.91 bits per heavy atom. The van der Waals surface area contributed by atoms with E-state index in [1.54, 1.807) is 12.1 Å². The lowest BCUT2D eigenvalue weighted by molar-refractivity contribution is -0.120. The fourth-order valence-corrected chi connectivity index (χ4v) is 1.67. The van der Waals surface area contributed by atoms with Gasteiger partial charge < -0.3 is 15.5 Å². The average Bonchev–Trinajstić information content (AvgIpc) is 2.85. The van der Waals surface area contributed by atoms with E-state index in [-0.39, 0.29) is 43.0 Å². The first-order chi connectivity index (χ1) is 9.83. The van der Waals surface area contributed by atoms with Crippen molar-refractivity contribution in [1.29, 1.82) is 0 Å². The highest BCUT2D eigenvalue weighted by molar-refractivity contribution is 5.85. The van der Waals surface area contributed by atoms with Gasteiger partial charge in [-0.25, -0.2) is 9.37 Å². The maximum absolute atomic E-state index is 12.8. The van der Waals surface area contributed by atoms with E-state index in [1.165, 1.54) is 18.4 Å². The van der Waals surface area contributed by atoms with Crippen molar-refractivity contribution in [2.45, 2.75) is 25.8 Å². The first kappa shape index (κ1) is 21.4. The van der Waals surface area contributed by atoms with Crippen molar-refractivity contribution in [3.05, 3.63) is 42.0 Å². The van der Waals surface area contributed by atoms with E-state index in [0.29, 0.717) is 23.7 Å². The molecule has 0 fully saturated rings. The zero-order valence-corrected chi connectivity index (χ0v) is 14.5. The van der Waals surface area contributed by atoms with Crippen LogP contribution in [0.5, 0.6) is 0 Å². The Kier molecular flexibility index (Phi) is 8.23. The van der Waals surface area contributed by atoms with Crippen molar-refractivity contribution in [3.8, 4) is 11.5 Å². The maximum atomic E-state index is 12.8. The molecule has 0 radical (unpaired) electrons. The first-order valence-electron chi connectivity index (χ1n) is 6.59. The van der Waals surface area contributed by atoms with Gasteiger partial charge in [-0.15, -0.1) is 24.8 Å². The van der Waals surface area contributed by atoms with E-state index in [1.807, 2.05) is 13.8 Å². The number of hydrogen-bond donors (Lipinski definition) is 2. The van der Waals surface area contributed by atoms with Crippen LogP contribution in [-0.2, 0) is 11.2 Å². The van der Waals surface area contributed by atoms with Gasteiger partial charge in [0, 0.05) is 17.6 Å². The number of aromatic nitrogens is 1. The smallest absolute Gasteiger partial charge is 0.226 e. The van der Waals surface area contributed by atoms with Crippen LogP contribution in [0.4, 0.5) is 4.39 Å². The van der Waals surface area contributed by atoms with Crippen LogP contribution < -0.4 is 11.1 Å². The van der Waals surface area contributed by atoms with Gasteiger partial charge in [-0.1, -0.05) is 0 Å². The lowest BCUT2D eigenvalue weighted by Crippen LogP contribution is -2.45. The molecule has 0 unspecified atom stereocenters. The second-order valence-electron chi connectivity index (χ2n) is 5.59. The minimum Gasteiger partial charge on any atom is -0.444 e. The van der Waals surface area contributed by atoms with Gasteiger partial charge in [-0.2, -0.15) is 0 Å². The predicted molar refractivity (Wildman–Crippen MR) is 91.4 cm³/mol. The highest BCUT2D eigenvalue weighted by Crippen LogP contribution is 2.19. The van der Waals surface area contributed by atoms with E-state index in [0.717, 1.165) is 0 Å². The predicted octanol–water partition coefficient (Wildman–Crippen LogP) is 2.72. The minimum atomic E-state index is -0.460. The van der Waals surface area contributed by atoms with Crippen molar-refractivity contribution in [1.82, 2.24) is 10.3 Å². The summed E-state index contributed by atoms with van der Waals surface area (Å²) in [5.74, 6) is -0.140. The zero-order chi connectivity index (χ0) is 15.5. The fourth-order valence-electron chi connectivity index (χ4n) is 1.67. The molecule has 0 aliphatic carbocycles. The monoisotopic (exact) mass is 363 g/mol. The quantitative estimate of drug-likeness (QED) is 0.855. The van der Waals surface area contributed by atoms with E-state index in [4.69, 9.17) is 10.2 Å². The molecule has 2 aromatic rings. The second-order valence-corrected chi connectivity index (χ2v) is 5.59. The molecular formula is C15H20Cl2FN3O2. The summed E-state index contributed by atoms with van der Waals surface area (Å²) in [7, 11) is 0. The van der Waals surface area contributed by atoms with Crippen LogP contribution in [-0.4, -0.2) is 23.0 Å². The Balaban J connectivity index is 0.00000242. The molecular weight excluding hydrogens is 344 g/mol. The molecule has 0 aliphatic heterocycles. The molecule has 3 N–H and O–H groups in total. The number of hydrogen-bond acceptors (Lipinski definition) is 4. The van der Waals surface area contributed by atoms with Crippen LogP contribution >= 0.6 is 24.8 Å². The van der Waals surface area contributed by atoms with E-state index >= 15 is 0 Å². The number of nitrogens with two attached hydrogens (primary N) is 1. The summed E-state index contributed by atoms with van der Waals surface area (Å²) in [4.78, 5) is 16.0. The molecule has 5 nitrogen and oxygen atoms in total. The van der Waals surface area contributed by atoms with Gasteiger partial charge in [0.25, 0.3) is 0 Å². The SMILES string of the molecule is CC(C)(N)CNC(=O)Cc1coc(-c2ccc(F)cc2)n1.Cl.Cl. The summed E-state index contributed by atoms with van der Waals surface area (Å²) in [6, 6.07) is 5.80. The molecule has 1 heterocycles. The molecule has 0 bridgehead atoms. The van der Waals surface area contributed by atoms with Gasteiger partial charge in [0.15, 0.2) is 0 Å². The number of oxazole rings is 1. The summed E-state index contributed by atoms with van der Waals surface area (Å²) >= 11 is 0. The fraction of sp³-hybridized carbons (Fsp3) is 0.333. The number of nitrogens with one attached hydrogen (secondary N) is 1. The molecule has 8 heteroatoms. The number of amides is 1. The van der Waals surface area contributed by atoms with Crippen LogP contribution in [0.1, 0.15) is 19.5 Å². The Labute approximate surface area is 146 Å². The van der Waals surface area contributed by atoms with Crippen LogP contribution in [0.25, 0.3) is 11.5 Å². The zero-order valence-electron chi connectivity index (χ0n) is 12.8. The molecule has 0 spiro atoms. The third kappa shape index (κ3) is 6.99. The number of rotatable bonds is 5. The van der Waals surface area contributed by atoms with Crippen LogP contribution in [0.2, 0.25) is 0 Å². The Bertz CT molecular complexity index is 624. The third-order valence-electron chi connectivity index (χ3n) is 2.73. The van der Waals surface area contributed by atoms with Crippen LogP contribution in [0.3, 0.4) is 0 Å². The van der Waals surface area contributed by atoms with Crippen molar-refractivity contribution >= 4 is 30.7 Å². The van der Waals surface area contributed by atoms with Crippen molar-refractivity contribution in [2.24, 2.45) is 5.73 Å². The number of halogens is 3. The Morgan fingerprint density at radius 3 is 2.48 bits per heavy atom. The van der Waals surface area contributed by atoms with Gasteiger partial charge >= 0.3 is 0 Å². The molecule has 1 amide bonds. The molecule has 1 aromatic carbocycles. The normalized spacial score (nSPS) is 10.4.